The zero-order valence-corrected chi connectivity index (χ0v) is 31.9. The smallest absolute Gasteiger partial charge is 0.387 e. The number of allylic oxidation sites excluding steroid dienone is 5. The van der Waals surface area contributed by atoms with E-state index in [0.29, 0.717) is 17.4 Å². The molecule has 3 atom stereocenters. The number of quaternary nitrogens is 1. The summed E-state index contributed by atoms with van der Waals surface area (Å²) in [5.41, 5.74) is 0. The van der Waals surface area contributed by atoms with Crippen molar-refractivity contribution in [3.63, 3.8) is 0 Å². The molecule has 0 aromatic carbocycles. The second-order valence-corrected chi connectivity index (χ2v) is 15.4. The highest BCUT2D eigenvalue weighted by Gasteiger charge is 2.27. The Morgan fingerprint density at radius 2 is 1.23 bits per heavy atom. The number of hydrogen-bond acceptors (Lipinski definition) is 5. The molecule has 9 heteroatoms. The van der Waals surface area contributed by atoms with Gasteiger partial charge >= 0.3 is 7.82 Å². The van der Waals surface area contributed by atoms with Crippen LogP contribution in [0, 0.1) is 0 Å². The molecule has 0 aliphatic heterocycles. The van der Waals surface area contributed by atoms with Crippen LogP contribution in [0.25, 0.3) is 0 Å². The Kier molecular flexibility index (Phi) is 29.9. The van der Waals surface area contributed by atoms with E-state index < -0.39 is 20.0 Å². The summed E-state index contributed by atoms with van der Waals surface area (Å²) in [6.07, 6.45) is 34.9. The number of nitrogens with one attached hydrogen (secondary N) is 1. The Bertz CT molecular complexity index is 871. The van der Waals surface area contributed by atoms with Crippen LogP contribution < -0.4 is 5.32 Å². The van der Waals surface area contributed by atoms with Gasteiger partial charge in [-0.15, -0.1) is 0 Å². The average Bonchev–Trinajstić information content (AvgIpc) is 3.01. The van der Waals surface area contributed by atoms with Gasteiger partial charge in [0.1, 0.15) is 13.2 Å². The molecule has 0 fully saturated rings. The molecule has 0 saturated carbocycles. The number of unbranched alkanes of at least 4 members (excludes halogenated alkanes) is 16. The second kappa shape index (κ2) is 30.8. The molecule has 0 bridgehead atoms. The third-order valence-electron chi connectivity index (χ3n) is 8.10. The van der Waals surface area contributed by atoms with E-state index in [2.05, 4.69) is 43.5 Å². The first-order valence-corrected chi connectivity index (χ1v) is 20.4. The van der Waals surface area contributed by atoms with Gasteiger partial charge in [-0.25, -0.2) is 4.57 Å². The minimum absolute atomic E-state index is 0.0578. The van der Waals surface area contributed by atoms with E-state index >= 15 is 0 Å². The average molecular weight is 686 g/mol. The molecule has 47 heavy (non-hydrogen) atoms. The summed E-state index contributed by atoms with van der Waals surface area (Å²) >= 11 is 0. The van der Waals surface area contributed by atoms with E-state index in [1.54, 1.807) is 6.08 Å². The predicted octanol–water partition coefficient (Wildman–Crippen LogP) is 9.57. The molecule has 1 amide bonds. The number of aliphatic hydroxyl groups excluding tert-OH is 1. The maximum Gasteiger partial charge on any atom is 0.472 e. The van der Waals surface area contributed by atoms with Crippen molar-refractivity contribution in [2.24, 2.45) is 0 Å². The lowest BCUT2D eigenvalue weighted by Crippen LogP contribution is -2.45. The summed E-state index contributed by atoms with van der Waals surface area (Å²) in [6.45, 7) is 4.72. The molecule has 0 saturated heterocycles. The van der Waals surface area contributed by atoms with Crippen LogP contribution >= 0.6 is 7.82 Å². The first kappa shape index (κ1) is 45.7. The minimum atomic E-state index is -4.33. The van der Waals surface area contributed by atoms with Gasteiger partial charge in [-0.05, 0) is 44.9 Å². The Morgan fingerprint density at radius 1 is 0.723 bits per heavy atom. The van der Waals surface area contributed by atoms with E-state index in [-0.39, 0.29) is 19.1 Å². The van der Waals surface area contributed by atoms with Gasteiger partial charge in [0.15, 0.2) is 0 Å². The number of amides is 1. The van der Waals surface area contributed by atoms with Crippen LogP contribution in [0.4, 0.5) is 0 Å². The fraction of sp³-hybridized carbons (Fsp3) is 0.816. The topological polar surface area (TPSA) is 105 Å². The summed E-state index contributed by atoms with van der Waals surface area (Å²) in [4.78, 5) is 22.9. The summed E-state index contributed by atoms with van der Waals surface area (Å²) in [5.74, 6) is -0.196. The molecule has 276 valence electrons. The fourth-order valence-electron chi connectivity index (χ4n) is 5.00. The van der Waals surface area contributed by atoms with E-state index in [9.17, 15) is 19.4 Å². The fourth-order valence-corrected chi connectivity index (χ4v) is 5.73. The van der Waals surface area contributed by atoms with Gasteiger partial charge in [0.25, 0.3) is 0 Å². The normalized spacial score (nSPS) is 15.1. The summed E-state index contributed by atoms with van der Waals surface area (Å²) in [5, 5.41) is 13.7. The van der Waals surface area contributed by atoms with Gasteiger partial charge in [-0.3, -0.25) is 13.8 Å². The van der Waals surface area contributed by atoms with Crippen LogP contribution in [-0.4, -0.2) is 73.4 Å². The lowest BCUT2D eigenvalue weighted by atomic mass is 10.1. The number of phosphoric ester groups is 1. The van der Waals surface area contributed by atoms with E-state index in [0.717, 1.165) is 64.2 Å². The molecular weight excluding hydrogens is 611 g/mol. The number of hydrogen-bond donors (Lipinski definition) is 3. The van der Waals surface area contributed by atoms with Crippen molar-refractivity contribution in [3.05, 3.63) is 36.5 Å². The lowest BCUT2D eigenvalue weighted by Gasteiger charge is -2.25. The van der Waals surface area contributed by atoms with Crippen LogP contribution in [0.15, 0.2) is 36.5 Å². The van der Waals surface area contributed by atoms with Crippen molar-refractivity contribution in [2.75, 3.05) is 40.9 Å². The largest absolute Gasteiger partial charge is 0.472 e. The van der Waals surface area contributed by atoms with Gasteiger partial charge in [0, 0.05) is 6.42 Å². The molecule has 0 heterocycles. The number of nitrogens with zero attached hydrogens (tertiary/aromatic N) is 1. The number of phosphoric acid groups is 1. The Morgan fingerprint density at radius 3 is 1.81 bits per heavy atom. The monoisotopic (exact) mass is 686 g/mol. The third kappa shape index (κ3) is 33.0. The maximum absolute atomic E-state index is 12.8. The molecule has 0 aliphatic carbocycles. The highest BCUT2D eigenvalue weighted by molar-refractivity contribution is 7.47. The van der Waals surface area contributed by atoms with Gasteiger partial charge in [0.05, 0.1) is 39.9 Å². The first-order chi connectivity index (χ1) is 22.5. The van der Waals surface area contributed by atoms with Crippen molar-refractivity contribution in [3.8, 4) is 0 Å². The van der Waals surface area contributed by atoms with E-state index in [1.807, 2.05) is 27.2 Å². The number of carbonyl (C=O) groups excluding carboxylic acids is 1. The summed E-state index contributed by atoms with van der Waals surface area (Å²) in [7, 11) is 1.55. The molecule has 0 aliphatic rings. The standard InChI is InChI=1S/C38H73N2O6P/c1-6-8-10-12-14-16-18-19-20-22-24-26-28-30-32-38(42)39-36(35-46-47(43,44)45-34-33-40(3,4)5)37(41)31-29-27-25-23-21-17-15-13-11-9-7-2/h12,14,18-19,29,31,36-37,41H,6-11,13,15-17,20-28,30,32-35H2,1-5H3,(H-,39,42,43,44)/p+1/b14-12-,19-18-,31-29+. The van der Waals surface area contributed by atoms with E-state index in [1.165, 1.54) is 64.2 Å². The highest BCUT2D eigenvalue weighted by Crippen LogP contribution is 2.43. The molecule has 0 rings (SSSR count). The molecule has 3 N–H and O–H groups in total. The van der Waals surface area contributed by atoms with Crippen molar-refractivity contribution < 1.29 is 32.9 Å². The zero-order chi connectivity index (χ0) is 35.1. The molecule has 8 nitrogen and oxygen atoms in total. The zero-order valence-electron chi connectivity index (χ0n) is 31.0. The molecule has 0 aromatic rings. The predicted molar refractivity (Wildman–Crippen MR) is 198 cm³/mol. The summed E-state index contributed by atoms with van der Waals surface area (Å²) < 4.78 is 23.4. The highest BCUT2D eigenvalue weighted by atomic mass is 31.2. The number of carbonyl (C=O) groups is 1. The van der Waals surface area contributed by atoms with Gasteiger partial charge in [-0.2, -0.15) is 0 Å². The van der Waals surface area contributed by atoms with Crippen LogP contribution in [0.2, 0.25) is 0 Å². The van der Waals surface area contributed by atoms with Gasteiger partial charge < -0.3 is 19.8 Å². The SMILES string of the molecule is CCCC/C=C\C/C=C\CCCCCCCC(=O)NC(COP(=O)(O)OCC[N+](C)(C)C)C(O)/C=C/CCCCCCCCCCC. The van der Waals surface area contributed by atoms with Crippen molar-refractivity contribution in [1.29, 1.82) is 0 Å². The third-order valence-corrected chi connectivity index (χ3v) is 9.09. The van der Waals surface area contributed by atoms with Crippen LogP contribution in [0.3, 0.4) is 0 Å². The molecular formula is C38H74N2O6P+. The molecule has 3 unspecified atom stereocenters. The van der Waals surface area contributed by atoms with Crippen molar-refractivity contribution >= 4 is 13.7 Å². The van der Waals surface area contributed by atoms with Crippen LogP contribution in [0.5, 0.6) is 0 Å². The number of rotatable bonds is 33. The summed E-state index contributed by atoms with van der Waals surface area (Å²) in [6, 6.07) is -0.849. The first-order valence-electron chi connectivity index (χ1n) is 18.9. The van der Waals surface area contributed by atoms with Gasteiger partial charge in [-0.1, -0.05) is 134 Å². The Labute approximate surface area is 289 Å². The quantitative estimate of drug-likeness (QED) is 0.0275. The van der Waals surface area contributed by atoms with Crippen molar-refractivity contribution in [1.82, 2.24) is 5.32 Å². The van der Waals surface area contributed by atoms with Crippen LogP contribution in [0.1, 0.15) is 149 Å². The molecule has 0 radical (unpaired) electrons. The number of likely N-dealkylation sites (N-methyl/N-ethyl adjacent to an activating group) is 1. The Balaban J connectivity index is 4.58. The Hall–Kier alpha value is -1.28. The number of aliphatic hydroxyl groups is 1. The maximum atomic E-state index is 12.8. The van der Waals surface area contributed by atoms with E-state index in [4.69, 9.17) is 9.05 Å². The van der Waals surface area contributed by atoms with Crippen molar-refractivity contribution in [2.45, 2.75) is 161 Å². The second-order valence-electron chi connectivity index (χ2n) is 13.9. The van der Waals surface area contributed by atoms with Gasteiger partial charge in [0.2, 0.25) is 5.91 Å². The lowest BCUT2D eigenvalue weighted by molar-refractivity contribution is -0.870. The minimum Gasteiger partial charge on any atom is -0.387 e. The molecule has 0 aromatic heterocycles. The van der Waals surface area contributed by atoms with Crippen LogP contribution in [-0.2, 0) is 18.4 Å². The molecule has 0 spiro atoms.